The van der Waals surface area contributed by atoms with E-state index in [4.69, 9.17) is 10.5 Å². The standard InChI is InChI=1S/C26H35F3N4O3/c1-17-7-8-19(18(2)12-17)14-31-11-5-4-6-21(36-3)15-32-24(34)16-33-25(35)22-13-20(26(27,28)29)9-10-23(22)30/h7-10,12-13,21,31H,4-6,11,14-16,30H2,1-3H3,(H,32,34)(H,33,35). The molecule has 0 saturated carbocycles. The Morgan fingerprint density at radius 1 is 1.06 bits per heavy atom. The Hall–Kier alpha value is -3.11. The van der Waals surface area contributed by atoms with Crippen LogP contribution in [0, 0.1) is 13.8 Å². The number of rotatable bonds is 13. The van der Waals surface area contributed by atoms with Crippen LogP contribution in [0.5, 0.6) is 0 Å². The van der Waals surface area contributed by atoms with Gasteiger partial charge in [0.05, 0.1) is 23.8 Å². The molecular weight excluding hydrogens is 473 g/mol. The molecule has 0 bridgehead atoms. The zero-order chi connectivity index (χ0) is 26.7. The number of methoxy groups -OCH3 is 1. The van der Waals surface area contributed by atoms with E-state index >= 15 is 0 Å². The van der Waals surface area contributed by atoms with E-state index in [1.54, 1.807) is 7.11 Å². The normalized spacial score (nSPS) is 12.3. The summed E-state index contributed by atoms with van der Waals surface area (Å²) < 4.78 is 44.1. The number of ether oxygens (including phenoxy) is 1. The predicted octanol–water partition coefficient (Wildman–Crippen LogP) is 3.73. The lowest BCUT2D eigenvalue weighted by Crippen LogP contribution is -2.40. The van der Waals surface area contributed by atoms with Crippen LogP contribution in [-0.4, -0.2) is 44.7 Å². The van der Waals surface area contributed by atoms with Crippen LogP contribution >= 0.6 is 0 Å². The van der Waals surface area contributed by atoms with E-state index in [0.29, 0.717) is 6.07 Å². The van der Waals surface area contributed by atoms with Gasteiger partial charge in [0.15, 0.2) is 0 Å². The second-order valence-corrected chi connectivity index (χ2v) is 8.75. The molecule has 0 aliphatic rings. The van der Waals surface area contributed by atoms with Gasteiger partial charge in [0, 0.05) is 25.9 Å². The number of carbonyl (C=O) groups is 2. The zero-order valence-electron chi connectivity index (χ0n) is 20.9. The Morgan fingerprint density at radius 2 is 1.81 bits per heavy atom. The second-order valence-electron chi connectivity index (χ2n) is 8.75. The highest BCUT2D eigenvalue weighted by Crippen LogP contribution is 2.31. The van der Waals surface area contributed by atoms with Crippen molar-refractivity contribution in [3.63, 3.8) is 0 Å². The summed E-state index contributed by atoms with van der Waals surface area (Å²) in [6, 6.07) is 8.89. The molecule has 0 aliphatic heterocycles. The number of benzene rings is 2. The Morgan fingerprint density at radius 3 is 2.47 bits per heavy atom. The predicted molar refractivity (Wildman–Crippen MR) is 133 cm³/mol. The van der Waals surface area contributed by atoms with Crippen molar-refractivity contribution in [3.05, 3.63) is 64.2 Å². The molecule has 0 saturated heterocycles. The largest absolute Gasteiger partial charge is 0.416 e. The number of nitrogen functional groups attached to an aromatic ring is 1. The highest BCUT2D eigenvalue weighted by Gasteiger charge is 2.31. The molecule has 0 aliphatic carbocycles. The van der Waals surface area contributed by atoms with Gasteiger partial charge < -0.3 is 26.4 Å². The van der Waals surface area contributed by atoms with Crippen LogP contribution in [0.15, 0.2) is 36.4 Å². The third-order valence-electron chi connectivity index (χ3n) is 5.84. The SMILES string of the molecule is COC(CCCCNCc1ccc(C)cc1C)CNC(=O)CNC(=O)c1cc(C(F)(F)F)ccc1N. The molecule has 0 heterocycles. The quantitative estimate of drug-likeness (QED) is 0.244. The van der Waals surface area contributed by atoms with E-state index < -0.39 is 30.1 Å². The van der Waals surface area contributed by atoms with Gasteiger partial charge in [-0.1, -0.05) is 23.8 Å². The molecule has 0 fully saturated rings. The lowest BCUT2D eigenvalue weighted by atomic mass is 10.1. The van der Waals surface area contributed by atoms with Crippen molar-refractivity contribution < 1.29 is 27.5 Å². The topological polar surface area (TPSA) is 105 Å². The first-order valence-electron chi connectivity index (χ1n) is 11.8. The molecule has 36 heavy (non-hydrogen) atoms. The van der Waals surface area contributed by atoms with Crippen LogP contribution in [0.2, 0.25) is 0 Å². The second kappa shape index (κ2) is 13.8. The van der Waals surface area contributed by atoms with E-state index in [1.807, 2.05) is 0 Å². The summed E-state index contributed by atoms with van der Waals surface area (Å²) in [5.41, 5.74) is 7.99. The average molecular weight is 509 g/mol. The summed E-state index contributed by atoms with van der Waals surface area (Å²) >= 11 is 0. The number of nitrogens with one attached hydrogen (secondary N) is 3. The van der Waals surface area contributed by atoms with Gasteiger partial charge in [0.1, 0.15) is 0 Å². The lowest BCUT2D eigenvalue weighted by molar-refractivity contribution is -0.137. The number of hydrogen-bond donors (Lipinski definition) is 4. The monoisotopic (exact) mass is 508 g/mol. The van der Waals surface area contributed by atoms with E-state index in [1.165, 1.54) is 16.7 Å². The van der Waals surface area contributed by atoms with Crippen molar-refractivity contribution in [1.82, 2.24) is 16.0 Å². The number of amides is 2. The summed E-state index contributed by atoms with van der Waals surface area (Å²) in [6.45, 7) is 5.72. The summed E-state index contributed by atoms with van der Waals surface area (Å²) in [4.78, 5) is 24.3. The highest BCUT2D eigenvalue weighted by atomic mass is 19.4. The van der Waals surface area contributed by atoms with Gasteiger partial charge in [-0.15, -0.1) is 0 Å². The number of alkyl halides is 3. The van der Waals surface area contributed by atoms with Crippen LogP contribution in [0.1, 0.15) is 51.9 Å². The van der Waals surface area contributed by atoms with Gasteiger partial charge in [0.25, 0.3) is 5.91 Å². The van der Waals surface area contributed by atoms with Crippen LogP contribution in [-0.2, 0) is 22.3 Å². The third-order valence-corrected chi connectivity index (χ3v) is 5.84. The zero-order valence-corrected chi connectivity index (χ0v) is 20.9. The first kappa shape index (κ1) is 29.1. The molecule has 10 heteroatoms. The molecule has 0 radical (unpaired) electrons. The van der Waals surface area contributed by atoms with Crippen molar-refractivity contribution in [1.29, 1.82) is 0 Å². The number of anilines is 1. The Balaban J connectivity index is 1.66. The molecule has 2 rings (SSSR count). The van der Waals surface area contributed by atoms with Crippen molar-refractivity contribution in [2.24, 2.45) is 0 Å². The van der Waals surface area contributed by atoms with Crippen LogP contribution in [0.3, 0.4) is 0 Å². The molecule has 1 unspecified atom stereocenters. The van der Waals surface area contributed by atoms with E-state index in [2.05, 4.69) is 48.0 Å². The summed E-state index contributed by atoms with van der Waals surface area (Å²) in [7, 11) is 1.56. The molecule has 198 valence electrons. The van der Waals surface area contributed by atoms with Gasteiger partial charge in [-0.05, 0) is 69.0 Å². The number of halogens is 3. The highest BCUT2D eigenvalue weighted by molar-refractivity contribution is 6.00. The smallest absolute Gasteiger partial charge is 0.398 e. The molecular formula is C26H35F3N4O3. The molecule has 1 atom stereocenters. The van der Waals surface area contributed by atoms with Gasteiger partial charge in [0.2, 0.25) is 5.91 Å². The first-order valence-corrected chi connectivity index (χ1v) is 11.8. The van der Waals surface area contributed by atoms with E-state index in [0.717, 1.165) is 44.5 Å². The first-order chi connectivity index (χ1) is 17.0. The van der Waals surface area contributed by atoms with Crippen molar-refractivity contribution in [2.75, 3.05) is 32.5 Å². The minimum Gasteiger partial charge on any atom is -0.398 e. The number of unbranched alkanes of at least 4 members (excludes halogenated alkanes) is 1. The Kier molecular flexibility index (Phi) is 11.2. The van der Waals surface area contributed by atoms with E-state index in [9.17, 15) is 22.8 Å². The number of nitrogens with two attached hydrogens (primary N) is 1. The number of carbonyl (C=O) groups excluding carboxylic acids is 2. The number of aryl methyl sites for hydroxylation is 2. The Labute approximate surface area is 210 Å². The summed E-state index contributed by atoms with van der Waals surface area (Å²) in [5, 5.41) is 8.41. The maximum atomic E-state index is 12.9. The van der Waals surface area contributed by atoms with Gasteiger partial charge >= 0.3 is 6.18 Å². The fraction of sp³-hybridized carbons (Fsp3) is 0.462. The molecule has 7 nitrogen and oxygen atoms in total. The molecule has 2 aromatic rings. The summed E-state index contributed by atoms with van der Waals surface area (Å²) in [5.74, 6) is -1.34. The fourth-order valence-electron chi connectivity index (χ4n) is 3.67. The molecule has 2 amide bonds. The van der Waals surface area contributed by atoms with Gasteiger partial charge in [-0.2, -0.15) is 13.2 Å². The van der Waals surface area contributed by atoms with Crippen molar-refractivity contribution in [2.45, 2.75) is 51.9 Å². The van der Waals surface area contributed by atoms with Crippen molar-refractivity contribution in [3.8, 4) is 0 Å². The van der Waals surface area contributed by atoms with Crippen LogP contribution in [0.4, 0.5) is 18.9 Å². The molecule has 0 spiro atoms. The molecule has 2 aromatic carbocycles. The number of hydrogen-bond acceptors (Lipinski definition) is 5. The maximum absolute atomic E-state index is 12.9. The van der Waals surface area contributed by atoms with Gasteiger partial charge in [-0.3, -0.25) is 9.59 Å². The summed E-state index contributed by atoms with van der Waals surface area (Å²) in [6.07, 6.45) is -2.20. The lowest BCUT2D eigenvalue weighted by Gasteiger charge is -2.16. The molecule has 0 aromatic heterocycles. The van der Waals surface area contributed by atoms with Crippen LogP contribution < -0.4 is 21.7 Å². The average Bonchev–Trinajstić information content (AvgIpc) is 2.82. The minimum atomic E-state index is -4.61. The third kappa shape index (κ3) is 9.50. The fourth-order valence-corrected chi connectivity index (χ4v) is 3.67. The maximum Gasteiger partial charge on any atom is 0.416 e. The minimum absolute atomic E-state index is 0.108. The molecule has 5 N–H and O–H groups in total. The van der Waals surface area contributed by atoms with Gasteiger partial charge in [-0.25, -0.2) is 0 Å². The van der Waals surface area contributed by atoms with Crippen LogP contribution in [0.25, 0.3) is 0 Å². The Bertz CT molecular complexity index is 1030. The van der Waals surface area contributed by atoms with E-state index in [-0.39, 0.29) is 23.9 Å². The van der Waals surface area contributed by atoms with Crippen molar-refractivity contribution >= 4 is 17.5 Å².